The van der Waals surface area contributed by atoms with E-state index in [4.69, 9.17) is 0 Å². The van der Waals surface area contributed by atoms with Crippen molar-refractivity contribution in [3.05, 3.63) is 0 Å². The molecule has 0 spiro atoms. The minimum Gasteiger partial charge on any atom is -0.480 e. The molecule has 2 atom stereocenters. The van der Waals surface area contributed by atoms with Crippen molar-refractivity contribution in [3.63, 3.8) is 0 Å². The van der Waals surface area contributed by atoms with Crippen molar-refractivity contribution >= 4 is 12.0 Å². The van der Waals surface area contributed by atoms with Crippen LogP contribution in [0.2, 0.25) is 0 Å². The first-order valence-electron chi connectivity index (χ1n) is 7.79. The highest BCUT2D eigenvalue weighted by Crippen LogP contribution is 2.26. The van der Waals surface area contributed by atoms with Gasteiger partial charge in [-0.25, -0.2) is 9.59 Å². The Kier molecular flexibility index (Phi) is 4.89. The minimum absolute atomic E-state index is 0.0701. The van der Waals surface area contributed by atoms with Gasteiger partial charge in [0.25, 0.3) is 0 Å². The third-order valence-electron chi connectivity index (χ3n) is 4.77. The van der Waals surface area contributed by atoms with Gasteiger partial charge in [0.1, 0.15) is 6.04 Å². The Balaban J connectivity index is 1.97. The van der Waals surface area contributed by atoms with Crippen molar-refractivity contribution in [2.24, 2.45) is 11.8 Å². The number of carbonyl (C=O) groups is 2. The fraction of sp³-hybridized carbons (Fsp3) is 0.867. The maximum atomic E-state index is 12.5. The molecule has 1 N–H and O–H groups in total. The van der Waals surface area contributed by atoms with Crippen LogP contribution < -0.4 is 0 Å². The molecular weight excluding hydrogens is 256 g/mol. The van der Waals surface area contributed by atoms with Gasteiger partial charge in [-0.05, 0) is 43.9 Å². The summed E-state index contributed by atoms with van der Waals surface area (Å²) in [6.07, 6.45) is 4.62. The summed E-state index contributed by atoms with van der Waals surface area (Å²) in [5.74, 6) is 0.469. The van der Waals surface area contributed by atoms with Crippen molar-refractivity contribution in [2.75, 3.05) is 19.6 Å². The smallest absolute Gasteiger partial charge is 0.326 e. The number of likely N-dealkylation sites (tertiary alicyclic amines) is 2. The van der Waals surface area contributed by atoms with E-state index in [1.807, 2.05) is 4.90 Å². The maximum Gasteiger partial charge on any atom is 0.326 e. The van der Waals surface area contributed by atoms with Gasteiger partial charge in [-0.15, -0.1) is 0 Å². The normalized spacial score (nSPS) is 27.8. The molecule has 5 heteroatoms. The highest BCUT2D eigenvalue weighted by Gasteiger charge is 2.36. The molecule has 2 rings (SSSR count). The van der Waals surface area contributed by atoms with Gasteiger partial charge in [0.05, 0.1) is 0 Å². The Morgan fingerprint density at radius 2 is 1.75 bits per heavy atom. The van der Waals surface area contributed by atoms with E-state index in [0.717, 1.165) is 32.4 Å². The standard InChI is InChI=1S/C15H26N2O3/c1-11(2)12-5-3-8-16(10-7-12)15(20)17-9-4-6-13(17)14(18)19/h11-13H,3-10H2,1-2H3,(H,18,19)/t12?,13-/m1/s1. The first-order chi connectivity index (χ1) is 9.50. The van der Waals surface area contributed by atoms with Crippen molar-refractivity contribution < 1.29 is 14.7 Å². The van der Waals surface area contributed by atoms with Crippen LogP contribution in [0.15, 0.2) is 0 Å². The lowest BCUT2D eigenvalue weighted by molar-refractivity contribution is -0.141. The Bertz CT molecular complexity index is 370. The lowest BCUT2D eigenvalue weighted by Gasteiger charge is -2.29. The van der Waals surface area contributed by atoms with Crippen molar-refractivity contribution in [2.45, 2.75) is 52.0 Å². The Hall–Kier alpha value is -1.26. The van der Waals surface area contributed by atoms with Gasteiger partial charge in [-0.1, -0.05) is 13.8 Å². The van der Waals surface area contributed by atoms with Crippen molar-refractivity contribution in [1.82, 2.24) is 9.80 Å². The third-order valence-corrected chi connectivity index (χ3v) is 4.77. The predicted molar refractivity (Wildman–Crippen MR) is 76.5 cm³/mol. The Labute approximate surface area is 120 Å². The number of carbonyl (C=O) groups excluding carboxylic acids is 1. The highest BCUT2D eigenvalue weighted by atomic mass is 16.4. The zero-order chi connectivity index (χ0) is 14.7. The first-order valence-corrected chi connectivity index (χ1v) is 7.79. The molecule has 5 nitrogen and oxygen atoms in total. The molecule has 2 aliphatic rings. The van der Waals surface area contributed by atoms with Gasteiger partial charge in [-0.3, -0.25) is 0 Å². The minimum atomic E-state index is -0.870. The van der Waals surface area contributed by atoms with E-state index in [2.05, 4.69) is 13.8 Å². The summed E-state index contributed by atoms with van der Waals surface area (Å²) in [4.78, 5) is 27.1. The predicted octanol–water partition coefficient (Wildman–Crippen LogP) is 2.41. The number of carboxylic acids is 1. The second kappa shape index (κ2) is 6.46. The van der Waals surface area contributed by atoms with Gasteiger partial charge in [0.15, 0.2) is 0 Å². The van der Waals surface area contributed by atoms with Crippen LogP contribution >= 0.6 is 0 Å². The summed E-state index contributed by atoms with van der Waals surface area (Å²) >= 11 is 0. The topological polar surface area (TPSA) is 60.9 Å². The number of carboxylic acid groups (broad SMARTS) is 1. The largest absolute Gasteiger partial charge is 0.480 e. The fourth-order valence-corrected chi connectivity index (χ4v) is 3.41. The Morgan fingerprint density at radius 3 is 2.40 bits per heavy atom. The molecule has 2 aliphatic heterocycles. The van der Waals surface area contributed by atoms with Crippen LogP contribution in [0, 0.1) is 11.8 Å². The molecule has 0 radical (unpaired) electrons. The van der Waals surface area contributed by atoms with Crippen LogP contribution in [0.25, 0.3) is 0 Å². The van der Waals surface area contributed by atoms with Crippen LogP contribution in [0.4, 0.5) is 4.79 Å². The van der Waals surface area contributed by atoms with Crippen LogP contribution in [-0.2, 0) is 4.79 Å². The molecule has 0 aromatic rings. The molecule has 2 saturated heterocycles. The highest BCUT2D eigenvalue weighted by molar-refractivity contribution is 5.83. The van der Waals surface area contributed by atoms with Crippen molar-refractivity contribution in [3.8, 4) is 0 Å². The third kappa shape index (κ3) is 3.25. The summed E-state index contributed by atoms with van der Waals surface area (Å²) in [5.41, 5.74) is 0. The van der Waals surface area contributed by atoms with Gasteiger partial charge in [0.2, 0.25) is 0 Å². The van der Waals surface area contributed by atoms with Gasteiger partial charge in [-0.2, -0.15) is 0 Å². The molecule has 0 saturated carbocycles. The van der Waals surface area contributed by atoms with Gasteiger partial charge >= 0.3 is 12.0 Å². The van der Waals surface area contributed by atoms with E-state index in [-0.39, 0.29) is 6.03 Å². The molecule has 2 amide bonds. The lowest BCUT2D eigenvalue weighted by atomic mass is 9.89. The molecular formula is C15H26N2O3. The first kappa shape index (κ1) is 15.1. The second-order valence-corrected chi connectivity index (χ2v) is 6.39. The summed E-state index contributed by atoms with van der Waals surface area (Å²) in [6.45, 7) is 6.60. The molecule has 0 aromatic heterocycles. The summed E-state index contributed by atoms with van der Waals surface area (Å²) in [5, 5.41) is 9.19. The summed E-state index contributed by atoms with van der Waals surface area (Å²) in [7, 11) is 0. The molecule has 114 valence electrons. The molecule has 0 bridgehead atoms. The van der Waals surface area contributed by atoms with E-state index >= 15 is 0 Å². The quantitative estimate of drug-likeness (QED) is 0.846. The summed E-state index contributed by atoms with van der Waals surface area (Å²) in [6, 6.07) is -0.689. The van der Waals surface area contributed by atoms with Crippen LogP contribution in [0.1, 0.15) is 46.0 Å². The average molecular weight is 282 g/mol. The van der Waals surface area contributed by atoms with Crippen molar-refractivity contribution in [1.29, 1.82) is 0 Å². The maximum absolute atomic E-state index is 12.5. The van der Waals surface area contributed by atoms with Crippen LogP contribution in [-0.4, -0.2) is 52.6 Å². The van der Waals surface area contributed by atoms with E-state index in [0.29, 0.717) is 24.8 Å². The van der Waals surface area contributed by atoms with E-state index < -0.39 is 12.0 Å². The number of amides is 2. The number of rotatable bonds is 2. The van der Waals surface area contributed by atoms with E-state index in [1.165, 1.54) is 6.42 Å². The van der Waals surface area contributed by atoms with Gasteiger partial charge in [0, 0.05) is 19.6 Å². The SMILES string of the molecule is CC(C)C1CCCN(C(=O)N2CCC[C@@H]2C(=O)O)CC1. The number of hydrogen-bond acceptors (Lipinski definition) is 2. The molecule has 20 heavy (non-hydrogen) atoms. The molecule has 2 fully saturated rings. The number of urea groups is 1. The average Bonchev–Trinajstić information content (AvgIpc) is 2.75. The Morgan fingerprint density at radius 1 is 1.05 bits per heavy atom. The number of hydrogen-bond donors (Lipinski definition) is 1. The van der Waals surface area contributed by atoms with Gasteiger partial charge < -0.3 is 14.9 Å². The molecule has 0 aliphatic carbocycles. The van der Waals surface area contributed by atoms with Crippen LogP contribution in [0.3, 0.4) is 0 Å². The zero-order valence-corrected chi connectivity index (χ0v) is 12.5. The van der Waals surface area contributed by atoms with E-state index in [9.17, 15) is 14.7 Å². The zero-order valence-electron chi connectivity index (χ0n) is 12.5. The second-order valence-electron chi connectivity index (χ2n) is 6.39. The van der Waals surface area contributed by atoms with Crippen LogP contribution in [0.5, 0.6) is 0 Å². The van der Waals surface area contributed by atoms with E-state index in [1.54, 1.807) is 4.90 Å². The fourth-order valence-electron chi connectivity index (χ4n) is 3.41. The monoisotopic (exact) mass is 282 g/mol. The summed E-state index contributed by atoms with van der Waals surface area (Å²) < 4.78 is 0. The number of nitrogens with zero attached hydrogens (tertiary/aromatic N) is 2. The molecule has 1 unspecified atom stereocenters. The molecule has 2 heterocycles. The lowest BCUT2D eigenvalue weighted by Crippen LogP contribution is -2.48. The molecule has 0 aromatic carbocycles. The number of aliphatic carboxylic acids is 1.